The largest absolute Gasteiger partial charge is 0.480 e. The van der Waals surface area contributed by atoms with Crippen LogP contribution < -0.4 is 0 Å². The molecule has 3 atom stereocenters. The molecular weight excluding hydrogens is 254 g/mol. The van der Waals surface area contributed by atoms with Gasteiger partial charge in [0.2, 0.25) is 11.8 Å². The Balaban J connectivity index is 2.17. The normalized spacial score (nSPS) is 30.3. The summed E-state index contributed by atoms with van der Waals surface area (Å²) in [5.41, 5.74) is -0.284. The van der Waals surface area contributed by atoms with Gasteiger partial charge in [0.1, 0.15) is 6.04 Å². The average molecular weight is 271 g/mol. The van der Waals surface area contributed by atoms with Crippen LogP contribution in [-0.2, 0) is 14.4 Å². The maximum Gasteiger partial charge on any atom is 0.326 e. The van der Waals surface area contributed by atoms with Crippen LogP contribution >= 0.6 is 11.8 Å². The van der Waals surface area contributed by atoms with Gasteiger partial charge in [-0.3, -0.25) is 14.5 Å². The van der Waals surface area contributed by atoms with Gasteiger partial charge in [0.05, 0.1) is 11.8 Å². The number of rotatable bonds is 5. The van der Waals surface area contributed by atoms with Crippen LogP contribution in [0.25, 0.3) is 0 Å². The summed E-state index contributed by atoms with van der Waals surface area (Å²) in [5, 5.41) is 9.17. The van der Waals surface area contributed by atoms with Gasteiger partial charge in [0.25, 0.3) is 0 Å². The highest BCUT2D eigenvalue weighted by Crippen LogP contribution is 2.63. The van der Waals surface area contributed by atoms with E-state index in [1.54, 1.807) is 0 Å². The molecule has 3 unspecified atom stereocenters. The van der Waals surface area contributed by atoms with Crippen molar-refractivity contribution in [2.75, 3.05) is 12.0 Å². The van der Waals surface area contributed by atoms with Crippen molar-refractivity contribution in [3.8, 4) is 0 Å². The molecule has 2 fully saturated rings. The molecule has 1 N–H and O–H groups in total. The third-order valence-corrected chi connectivity index (χ3v) is 4.67. The van der Waals surface area contributed by atoms with Gasteiger partial charge in [-0.2, -0.15) is 11.8 Å². The molecular formula is C12H17NO4S. The second-order valence-electron chi connectivity index (χ2n) is 5.46. The second kappa shape index (κ2) is 4.26. The number of nitrogens with zero attached hydrogens (tertiary/aromatic N) is 1. The lowest BCUT2D eigenvalue weighted by Gasteiger charge is -2.26. The fraction of sp³-hybridized carbons (Fsp3) is 0.750. The Hall–Kier alpha value is -1.04. The predicted octanol–water partition coefficient (Wildman–Crippen LogP) is 0.834. The molecule has 1 aliphatic heterocycles. The Kier molecular flexibility index (Phi) is 3.17. The number of imide groups is 1. The fourth-order valence-corrected chi connectivity index (χ4v) is 3.33. The fourth-order valence-electron chi connectivity index (χ4n) is 2.87. The van der Waals surface area contributed by atoms with Crippen LogP contribution in [0, 0.1) is 17.3 Å². The summed E-state index contributed by atoms with van der Waals surface area (Å²) >= 11 is 1.51. The quantitative estimate of drug-likeness (QED) is 0.750. The molecule has 1 heterocycles. The number of carboxylic acids is 1. The van der Waals surface area contributed by atoms with Gasteiger partial charge in [0.15, 0.2) is 0 Å². The van der Waals surface area contributed by atoms with E-state index in [4.69, 9.17) is 0 Å². The highest BCUT2D eigenvalue weighted by Gasteiger charge is 2.73. The van der Waals surface area contributed by atoms with Gasteiger partial charge in [-0.05, 0) is 23.8 Å². The molecule has 5 nitrogen and oxygen atoms in total. The van der Waals surface area contributed by atoms with Crippen molar-refractivity contribution in [2.24, 2.45) is 17.3 Å². The number of likely N-dealkylation sites (tertiary alicyclic amines) is 1. The zero-order valence-corrected chi connectivity index (χ0v) is 11.5. The first-order valence-electron chi connectivity index (χ1n) is 5.92. The molecule has 18 heavy (non-hydrogen) atoms. The molecule has 0 radical (unpaired) electrons. The number of amides is 2. The van der Waals surface area contributed by atoms with Crippen LogP contribution in [-0.4, -0.2) is 45.8 Å². The monoisotopic (exact) mass is 271 g/mol. The lowest BCUT2D eigenvalue weighted by Crippen LogP contribution is -2.48. The first-order chi connectivity index (χ1) is 8.34. The van der Waals surface area contributed by atoms with E-state index in [2.05, 4.69) is 0 Å². The van der Waals surface area contributed by atoms with E-state index < -0.39 is 12.0 Å². The lowest BCUT2D eigenvalue weighted by atomic mass is 10.0. The van der Waals surface area contributed by atoms with Gasteiger partial charge >= 0.3 is 5.97 Å². The number of thioether (sulfide) groups is 1. The molecule has 100 valence electrons. The minimum Gasteiger partial charge on any atom is -0.480 e. The molecule has 2 amide bonds. The molecule has 6 heteroatoms. The number of carbonyl (C=O) groups is 3. The van der Waals surface area contributed by atoms with E-state index in [1.165, 1.54) is 11.8 Å². The van der Waals surface area contributed by atoms with Gasteiger partial charge < -0.3 is 5.11 Å². The van der Waals surface area contributed by atoms with Crippen LogP contribution in [0.5, 0.6) is 0 Å². The molecule has 0 spiro atoms. The summed E-state index contributed by atoms with van der Waals surface area (Å²) in [7, 11) is 0. The van der Waals surface area contributed by atoms with Crippen LogP contribution in [0.1, 0.15) is 20.3 Å². The Morgan fingerprint density at radius 2 is 1.89 bits per heavy atom. The van der Waals surface area contributed by atoms with Gasteiger partial charge in [-0.15, -0.1) is 0 Å². The second-order valence-corrected chi connectivity index (χ2v) is 6.44. The smallest absolute Gasteiger partial charge is 0.326 e. The van der Waals surface area contributed by atoms with E-state index in [9.17, 15) is 19.5 Å². The SMILES string of the molecule is CSCCC(C(=O)O)N1C(=O)C2C(C1=O)C2(C)C. The van der Waals surface area contributed by atoms with Crippen molar-refractivity contribution in [3.05, 3.63) is 0 Å². The molecule has 1 saturated carbocycles. The Morgan fingerprint density at radius 1 is 1.39 bits per heavy atom. The molecule has 0 bridgehead atoms. The van der Waals surface area contributed by atoms with E-state index in [-0.39, 0.29) is 29.1 Å². The molecule has 1 aliphatic carbocycles. The molecule has 1 saturated heterocycles. The highest BCUT2D eigenvalue weighted by molar-refractivity contribution is 7.98. The van der Waals surface area contributed by atoms with E-state index in [0.717, 1.165) is 4.90 Å². The number of hydrogen-bond acceptors (Lipinski definition) is 4. The van der Waals surface area contributed by atoms with Crippen LogP contribution in [0.4, 0.5) is 0 Å². The Bertz CT molecular complexity index is 396. The van der Waals surface area contributed by atoms with Crippen LogP contribution in [0.2, 0.25) is 0 Å². The summed E-state index contributed by atoms with van der Waals surface area (Å²) in [6.07, 6.45) is 2.18. The van der Waals surface area contributed by atoms with E-state index in [0.29, 0.717) is 12.2 Å². The topological polar surface area (TPSA) is 74.7 Å². The van der Waals surface area contributed by atoms with Gasteiger partial charge in [0, 0.05) is 0 Å². The van der Waals surface area contributed by atoms with Gasteiger partial charge in [-0.1, -0.05) is 13.8 Å². The summed E-state index contributed by atoms with van der Waals surface area (Å²) < 4.78 is 0. The first kappa shape index (κ1) is 13.4. The number of fused-ring (bicyclic) bond motifs is 1. The average Bonchev–Trinajstić information content (AvgIpc) is 2.73. The third kappa shape index (κ3) is 1.74. The number of carbonyl (C=O) groups excluding carboxylic acids is 2. The van der Waals surface area contributed by atoms with Crippen molar-refractivity contribution in [3.63, 3.8) is 0 Å². The summed E-state index contributed by atoms with van der Waals surface area (Å²) in [5.74, 6) is -1.69. The molecule has 2 aliphatic rings. The maximum absolute atomic E-state index is 12.1. The maximum atomic E-state index is 12.1. The van der Waals surface area contributed by atoms with E-state index >= 15 is 0 Å². The number of carboxylic acid groups (broad SMARTS) is 1. The standard InChI is InChI=1S/C12H17NO4S/c1-12(2)7-8(12)10(15)13(9(7)14)6(11(16)17)4-5-18-3/h6-8H,4-5H2,1-3H3,(H,16,17). The highest BCUT2D eigenvalue weighted by atomic mass is 32.2. The van der Waals surface area contributed by atoms with Crippen LogP contribution in [0.3, 0.4) is 0 Å². The zero-order valence-electron chi connectivity index (χ0n) is 10.7. The molecule has 0 aromatic heterocycles. The Morgan fingerprint density at radius 3 is 2.28 bits per heavy atom. The molecule has 0 aromatic rings. The number of piperidine rings is 1. The zero-order chi connectivity index (χ0) is 13.7. The summed E-state index contributed by atoms with van der Waals surface area (Å²) in [6, 6.07) is -0.999. The van der Waals surface area contributed by atoms with Crippen molar-refractivity contribution in [1.29, 1.82) is 0 Å². The van der Waals surface area contributed by atoms with Crippen molar-refractivity contribution in [1.82, 2.24) is 4.90 Å². The summed E-state index contributed by atoms with van der Waals surface area (Å²) in [6.45, 7) is 3.76. The third-order valence-electron chi connectivity index (χ3n) is 4.03. The predicted molar refractivity (Wildman–Crippen MR) is 67.0 cm³/mol. The van der Waals surface area contributed by atoms with Gasteiger partial charge in [-0.25, -0.2) is 4.79 Å². The minimum atomic E-state index is -1.09. The van der Waals surface area contributed by atoms with Crippen molar-refractivity contribution in [2.45, 2.75) is 26.3 Å². The lowest BCUT2D eigenvalue weighted by molar-refractivity contribution is -0.157. The molecule has 2 rings (SSSR count). The van der Waals surface area contributed by atoms with Crippen LogP contribution in [0.15, 0.2) is 0 Å². The first-order valence-corrected chi connectivity index (χ1v) is 7.32. The Labute approximate surface area is 110 Å². The molecule has 0 aromatic carbocycles. The number of aliphatic carboxylic acids is 1. The van der Waals surface area contributed by atoms with Crippen molar-refractivity contribution >= 4 is 29.5 Å². The number of hydrogen-bond donors (Lipinski definition) is 1. The summed E-state index contributed by atoms with van der Waals surface area (Å²) in [4.78, 5) is 36.4. The van der Waals surface area contributed by atoms with Crippen molar-refractivity contribution < 1.29 is 19.5 Å². The van der Waals surface area contributed by atoms with E-state index in [1.807, 2.05) is 20.1 Å². The minimum absolute atomic E-state index is 0.284.